The molecule has 3 aromatic rings. The Balaban J connectivity index is 1.86. The summed E-state index contributed by atoms with van der Waals surface area (Å²) in [5.74, 6) is 0.934. The number of para-hydroxylation sites is 1. The number of carbonyl (C=O) groups excluding carboxylic acids is 1. The Hall–Kier alpha value is -2.24. The Bertz CT molecular complexity index is 833. The molecule has 1 amide bonds. The number of benzene rings is 2. The number of anilines is 1. The minimum absolute atomic E-state index is 0.183. The first-order chi connectivity index (χ1) is 11.1. The summed E-state index contributed by atoms with van der Waals surface area (Å²) >= 11 is 9.18. The number of ether oxygens (including phenoxy) is 1. The second-order valence-electron chi connectivity index (χ2n) is 4.61. The summed E-state index contributed by atoms with van der Waals surface area (Å²) in [4.78, 5) is 12.2. The summed E-state index contributed by atoms with van der Waals surface area (Å²) in [5.41, 5.74) is 0.457. The van der Waals surface area contributed by atoms with Gasteiger partial charge in [0, 0.05) is 5.02 Å². The molecule has 1 N–H and O–H groups in total. The molecule has 2 aromatic carbocycles. The average molecular weight is 393 g/mol. The van der Waals surface area contributed by atoms with Crippen LogP contribution in [0.4, 0.5) is 5.69 Å². The Morgan fingerprint density at radius 1 is 1.09 bits per heavy atom. The molecule has 0 saturated carbocycles. The van der Waals surface area contributed by atoms with E-state index in [-0.39, 0.29) is 5.76 Å². The van der Waals surface area contributed by atoms with Crippen LogP contribution in [0.1, 0.15) is 10.6 Å². The van der Waals surface area contributed by atoms with Crippen LogP contribution in [-0.2, 0) is 0 Å². The SMILES string of the molecule is O=C(Nc1cc(Cl)ccc1Oc1ccccc1)c1ccc(Br)o1. The van der Waals surface area contributed by atoms with Gasteiger partial charge in [0.15, 0.2) is 16.2 Å². The van der Waals surface area contributed by atoms with Crippen molar-refractivity contribution in [1.29, 1.82) is 0 Å². The number of halogens is 2. The molecule has 0 aliphatic rings. The molecule has 0 spiro atoms. The van der Waals surface area contributed by atoms with Crippen LogP contribution in [-0.4, -0.2) is 5.91 Å². The number of nitrogens with one attached hydrogen (secondary N) is 1. The van der Waals surface area contributed by atoms with Crippen molar-refractivity contribution >= 4 is 39.1 Å². The maximum absolute atomic E-state index is 12.2. The summed E-state index contributed by atoms with van der Waals surface area (Å²) in [7, 11) is 0. The first-order valence-corrected chi connectivity index (χ1v) is 7.88. The van der Waals surface area contributed by atoms with E-state index in [0.29, 0.717) is 26.9 Å². The van der Waals surface area contributed by atoms with E-state index >= 15 is 0 Å². The van der Waals surface area contributed by atoms with Crippen LogP contribution < -0.4 is 10.1 Å². The van der Waals surface area contributed by atoms with Crippen molar-refractivity contribution in [1.82, 2.24) is 0 Å². The third-order valence-corrected chi connectivity index (χ3v) is 3.62. The van der Waals surface area contributed by atoms with E-state index < -0.39 is 5.91 Å². The molecule has 0 aliphatic heterocycles. The van der Waals surface area contributed by atoms with Crippen molar-refractivity contribution in [3.05, 3.63) is 76.1 Å². The first-order valence-electron chi connectivity index (χ1n) is 6.71. The number of amides is 1. The van der Waals surface area contributed by atoms with E-state index in [1.54, 1.807) is 30.3 Å². The van der Waals surface area contributed by atoms with Crippen LogP contribution in [0.3, 0.4) is 0 Å². The zero-order chi connectivity index (χ0) is 16.2. The molecule has 0 aliphatic carbocycles. The monoisotopic (exact) mass is 391 g/mol. The Morgan fingerprint density at radius 2 is 1.87 bits per heavy atom. The lowest BCUT2D eigenvalue weighted by Gasteiger charge is -2.12. The van der Waals surface area contributed by atoms with Gasteiger partial charge in [-0.3, -0.25) is 4.79 Å². The molecule has 1 aromatic heterocycles. The van der Waals surface area contributed by atoms with Crippen LogP contribution in [0.2, 0.25) is 5.02 Å². The lowest BCUT2D eigenvalue weighted by Crippen LogP contribution is -2.11. The molecule has 3 rings (SSSR count). The fourth-order valence-electron chi connectivity index (χ4n) is 1.92. The van der Waals surface area contributed by atoms with Crippen molar-refractivity contribution in [2.24, 2.45) is 0 Å². The van der Waals surface area contributed by atoms with E-state index in [0.717, 1.165) is 0 Å². The van der Waals surface area contributed by atoms with Crippen LogP contribution >= 0.6 is 27.5 Å². The number of hydrogen-bond donors (Lipinski definition) is 1. The maximum atomic E-state index is 12.2. The van der Waals surface area contributed by atoms with Crippen LogP contribution in [0.5, 0.6) is 11.5 Å². The normalized spacial score (nSPS) is 10.3. The lowest BCUT2D eigenvalue weighted by atomic mass is 10.2. The standard InChI is InChI=1S/C17H11BrClNO3/c18-16-9-8-15(23-16)17(21)20-13-10-11(19)6-7-14(13)22-12-4-2-1-3-5-12/h1-10H,(H,20,21). The minimum atomic E-state index is -0.393. The van der Waals surface area contributed by atoms with Gasteiger partial charge in [0.05, 0.1) is 5.69 Å². The second kappa shape index (κ2) is 6.89. The number of carbonyl (C=O) groups is 1. The van der Waals surface area contributed by atoms with Crippen molar-refractivity contribution < 1.29 is 13.9 Å². The topological polar surface area (TPSA) is 51.5 Å². The third-order valence-electron chi connectivity index (χ3n) is 2.96. The summed E-state index contributed by atoms with van der Waals surface area (Å²) in [6.45, 7) is 0. The highest BCUT2D eigenvalue weighted by molar-refractivity contribution is 9.10. The highest BCUT2D eigenvalue weighted by Gasteiger charge is 2.14. The van der Waals surface area contributed by atoms with Gasteiger partial charge < -0.3 is 14.5 Å². The zero-order valence-electron chi connectivity index (χ0n) is 11.8. The lowest BCUT2D eigenvalue weighted by molar-refractivity contribution is 0.0995. The van der Waals surface area contributed by atoms with E-state index in [1.807, 2.05) is 30.3 Å². The molecule has 116 valence electrons. The Morgan fingerprint density at radius 3 is 2.57 bits per heavy atom. The predicted molar refractivity (Wildman–Crippen MR) is 92.3 cm³/mol. The first kappa shape index (κ1) is 15.6. The van der Waals surface area contributed by atoms with Gasteiger partial charge in [-0.2, -0.15) is 0 Å². The van der Waals surface area contributed by atoms with Gasteiger partial charge >= 0.3 is 0 Å². The van der Waals surface area contributed by atoms with E-state index in [9.17, 15) is 4.79 Å². The maximum Gasteiger partial charge on any atom is 0.291 e. The minimum Gasteiger partial charge on any atom is -0.455 e. The fourth-order valence-corrected chi connectivity index (χ4v) is 2.40. The highest BCUT2D eigenvalue weighted by Crippen LogP contribution is 2.32. The van der Waals surface area contributed by atoms with Gasteiger partial charge in [0.1, 0.15) is 5.75 Å². The quantitative estimate of drug-likeness (QED) is 0.616. The molecule has 4 nitrogen and oxygen atoms in total. The van der Waals surface area contributed by atoms with Crippen LogP contribution in [0.25, 0.3) is 0 Å². The molecule has 1 heterocycles. The smallest absolute Gasteiger partial charge is 0.291 e. The summed E-state index contributed by atoms with van der Waals surface area (Å²) in [6, 6.07) is 17.5. The number of furan rings is 1. The number of hydrogen-bond acceptors (Lipinski definition) is 3. The van der Waals surface area contributed by atoms with Gasteiger partial charge in [-0.1, -0.05) is 29.8 Å². The molecule has 0 unspecified atom stereocenters. The van der Waals surface area contributed by atoms with Gasteiger partial charge in [-0.05, 0) is 58.4 Å². The van der Waals surface area contributed by atoms with Crippen molar-refractivity contribution in [3.63, 3.8) is 0 Å². The van der Waals surface area contributed by atoms with Crippen LogP contribution in [0.15, 0.2) is 69.8 Å². The molecule has 6 heteroatoms. The van der Waals surface area contributed by atoms with Crippen molar-refractivity contribution in [3.8, 4) is 11.5 Å². The third kappa shape index (κ3) is 3.94. The summed E-state index contributed by atoms with van der Waals surface area (Å²) in [6.07, 6.45) is 0. The molecule has 0 fully saturated rings. The van der Waals surface area contributed by atoms with Gasteiger partial charge in [0.25, 0.3) is 5.91 Å². The number of rotatable bonds is 4. The molecule has 0 radical (unpaired) electrons. The van der Waals surface area contributed by atoms with E-state index in [2.05, 4.69) is 21.2 Å². The molecule has 0 bridgehead atoms. The molecular weight excluding hydrogens is 382 g/mol. The summed E-state index contributed by atoms with van der Waals surface area (Å²) < 4.78 is 11.5. The molecule has 23 heavy (non-hydrogen) atoms. The van der Waals surface area contributed by atoms with Gasteiger partial charge in [0.2, 0.25) is 0 Å². The summed E-state index contributed by atoms with van der Waals surface area (Å²) in [5, 5.41) is 3.23. The zero-order valence-corrected chi connectivity index (χ0v) is 14.1. The second-order valence-corrected chi connectivity index (χ2v) is 5.83. The van der Waals surface area contributed by atoms with Crippen molar-refractivity contribution in [2.45, 2.75) is 0 Å². The van der Waals surface area contributed by atoms with E-state index in [4.69, 9.17) is 20.8 Å². The Labute approximate surface area is 146 Å². The largest absolute Gasteiger partial charge is 0.455 e. The average Bonchev–Trinajstić information content (AvgIpc) is 2.98. The van der Waals surface area contributed by atoms with Gasteiger partial charge in [-0.15, -0.1) is 0 Å². The highest BCUT2D eigenvalue weighted by atomic mass is 79.9. The molecule has 0 saturated heterocycles. The Kier molecular flexibility index (Phi) is 4.69. The fraction of sp³-hybridized carbons (Fsp3) is 0. The van der Waals surface area contributed by atoms with Crippen molar-refractivity contribution in [2.75, 3.05) is 5.32 Å². The van der Waals surface area contributed by atoms with E-state index in [1.165, 1.54) is 0 Å². The van der Waals surface area contributed by atoms with Crippen LogP contribution in [0, 0.1) is 0 Å². The molecular formula is C17H11BrClNO3. The van der Waals surface area contributed by atoms with Gasteiger partial charge in [-0.25, -0.2) is 0 Å². The molecule has 0 atom stereocenters. The predicted octanol–water partition coefficient (Wildman–Crippen LogP) is 5.74.